The van der Waals surface area contributed by atoms with Crippen molar-refractivity contribution in [1.29, 1.82) is 0 Å². The molecule has 2 aliphatic rings. The van der Waals surface area contributed by atoms with Crippen molar-refractivity contribution in [2.24, 2.45) is 5.92 Å². The summed E-state index contributed by atoms with van der Waals surface area (Å²) in [6.45, 7) is 8.81. The molecule has 5 heteroatoms. The molecule has 1 aliphatic carbocycles. The molecule has 1 saturated heterocycles. The lowest BCUT2D eigenvalue weighted by molar-refractivity contribution is 0.133. The van der Waals surface area contributed by atoms with Crippen LogP contribution >= 0.6 is 11.3 Å². The summed E-state index contributed by atoms with van der Waals surface area (Å²) >= 11 is 1.77. The normalized spacial score (nSPS) is 19.9. The van der Waals surface area contributed by atoms with Crippen LogP contribution in [0.25, 0.3) is 0 Å². The maximum Gasteiger partial charge on any atom is 0.114 e. The Hall–Kier alpha value is -1.20. The summed E-state index contributed by atoms with van der Waals surface area (Å²) in [5, 5.41) is 0. The molecule has 1 aliphatic heterocycles. The van der Waals surface area contributed by atoms with Gasteiger partial charge in [0.15, 0.2) is 0 Å². The molecule has 2 aromatic rings. The minimum absolute atomic E-state index is 0.616. The Morgan fingerprint density at radius 1 is 1.24 bits per heavy atom. The van der Waals surface area contributed by atoms with Gasteiger partial charge in [0, 0.05) is 48.9 Å². The molecule has 0 atom stereocenters. The first kappa shape index (κ1) is 13.5. The summed E-state index contributed by atoms with van der Waals surface area (Å²) in [5.74, 6) is 2.84. The average molecular weight is 302 g/mol. The molecule has 0 amide bonds. The second-order valence-electron chi connectivity index (χ2n) is 6.56. The Morgan fingerprint density at radius 3 is 2.71 bits per heavy atom. The van der Waals surface area contributed by atoms with Gasteiger partial charge >= 0.3 is 0 Å². The first-order valence-electron chi connectivity index (χ1n) is 7.84. The third-order valence-electron chi connectivity index (χ3n) is 4.76. The van der Waals surface area contributed by atoms with Crippen molar-refractivity contribution in [1.82, 2.24) is 19.4 Å². The van der Waals surface area contributed by atoms with Gasteiger partial charge in [-0.2, -0.15) is 0 Å². The number of aromatic nitrogens is 3. The zero-order valence-corrected chi connectivity index (χ0v) is 13.6. The van der Waals surface area contributed by atoms with Crippen LogP contribution in [0, 0.1) is 19.8 Å². The Kier molecular flexibility index (Phi) is 3.34. The second-order valence-corrected chi connectivity index (χ2v) is 7.50. The molecule has 0 N–H and O–H groups in total. The highest BCUT2D eigenvalue weighted by Crippen LogP contribution is 2.34. The van der Waals surface area contributed by atoms with Crippen LogP contribution in [0.2, 0.25) is 0 Å². The van der Waals surface area contributed by atoms with Crippen LogP contribution in [0.1, 0.15) is 40.8 Å². The van der Waals surface area contributed by atoms with Crippen molar-refractivity contribution in [3.8, 4) is 0 Å². The van der Waals surface area contributed by atoms with Gasteiger partial charge < -0.3 is 4.57 Å². The standard InChI is InChI=1S/C16H22N4S/c1-11-5-17-16(20(11)6-13-3-4-13)14-7-19(8-14)9-15-12(2)18-10-21-15/h5,10,13-14H,3-4,6-9H2,1-2H3. The molecular weight excluding hydrogens is 280 g/mol. The number of rotatable bonds is 5. The fourth-order valence-corrected chi connectivity index (χ4v) is 3.96. The number of hydrogen-bond acceptors (Lipinski definition) is 4. The monoisotopic (exact) mass is 302 g/mol. The lowest BCUT2D eigenvalue weighted by atomic mass is 9.99. The molecule has 0 bridgehead atoms. The SMILES string of the molecule is Cc1ncsc1CN1CC(c2ncc(C)n2CC2CC2)C1. The molecule has 2 aromatic heterocycles. The minimum Gasteiger partial charge on any atom is -0.332 e. The summed E-state index contributed by atoms with van der Waals surface area (Å²) < 4.78 is 2.47. The molecule has 112 valence electrons. The zero-order valence-electron chi connectivity index (χ0n) is 12.7. The van der Waals surface area contributed by atoms with Crippen LogP contribution in [-0.2, 0) is 13.1 Å². The number of nitrogens with zero attached hydrogens (tertiary/aromatic N) is 4. The van der Waals surface area contributed by atoms with E-state index in [1.807, 2.05) is 11.7 Å². The van der Waals surface area contributed by atoms with E-state index < -0.39 is 0 Å². The van der Waals surface area contributed by atoms with Crippen LogP contribution in [0.15, 0.2) is 11.7 Å². The van der Waals surface area contributed by atoms with Crippen molar-refractivity contribution in [2.45, 2.75) is 45.7 Å². The van der Waals surface area contributed by atoms with Gasteiger partial charge in [0.1, 0.15) is 5.82 Å². The largest absolute Gasteiger partial charge is 0.332 e. The van der Waals surface area contributed by atoms with Gasteiger partial charge in [-0.25, -0.2) is 9.97 Å². The van der Waals surface area contributed by atoms with Crippen LogP contribution in [-0.4, -0.2) is 32.5 Å². The molecular formula is C16H22N4S. The predicted octanol–water partition coefficient (Wildman–Crippen LogP) is 2.97. The molecule has 21 heavy (non-hydrogen) atoms. The summed E-state index contributed by atoms with van der Waals surface area (Å²) in [4.78, 5) is 13.0. The van der Waals surface area contributed by atoms with E-state index in [2.05, 4.69) is 28.3 Å². The molecule has 2 fully saturated rings. The maximum absolute atomic E-state index is 4.69. The smallest absolute Gasteiger partial charge is 0.114 e. The van der Waals surface area contributed by atoms with E-state index in [0.29, 0.717) is 5.92 Å². The number of imidazole rings is 1. The molecule has 4 rings (SSSR count). The van der Waals surface area contributed by atoms with Crippen LogP contribution in [0.5, 0.6) is 0 Å². The van der Waals surface area contributed by atoms with Crippen molar-refractivity contribution >= 4 is 11.3 Å². The van der Waals surface area contributed by atoms with Crippen LogP contribution < -0.4 is 0 Å². The van der Waals surface area contributed by atoms with Gasteiger partial charge in [0.25, 0.3) is 0 Å². The lowest BCUT2D eigenvalue weighted by Crippen LogP contribution is -2.45. The molecule has 4 nitrogen and oxygen atoms in total. The highest BCUT2D eigenvalue weighted by Gasteiger charge is 2.33. The Bertz CT molecular complexity index is 634. The van der Waals surface area contributed by atoms with E-state index >= 15 is 0 Å². The van der Waals surface area contributed by atoms with Gasteiger partial charge in [-0.3, -0.25) is 4.90 Å². The Balaban J connectivity index is 1.40. The fourth-order valence-electron chi connectivity index (χ4n) is 3.14. The topological polar surface area (TPSA) is 34.0 Å². The highest BCUT2D eigenvalue weighted by molar-refractivity contribution is 7.09. The van der Waals surface area contributed by atoms with Gasteiger partial charge in [-0.05, 0) is 32.6 Å². The van der Waals surface area contributed by atoms with Crippen LogP contribution in [0.4, 0.5) is 0 Å². The average Bonchev–Trinajstić information content (AvgIpc) is 3.05. The lowest BCUT2D eigenvalue weighted by Gasteiger charge is -2.39. The van der Waals surface area contributed by atoms with Crippen molar-refractivity contribution in [3.63, 3.8) is 0 Å². The van der Waals surface area contributed by atoms with E-state index in [1.54, 1.807) is 11.3 Å². The van der Waals surface area contributed by atoms with Gasteiger partial charge in [-0.15, -0.1) is 11.3 Å². The third-order valence-corrected chi connectivity index (χ3v) is 5.68. The van der Waals surface area contributed by atoms with Crippen molar-refractivity contribution < 1.29 is 0 Å². The summed E-state index contributed by atoms with van der Waals surface area (Å²) in [7, 11) is 0. The molecule has 3 heterocycles. The zero-order chi connectivity index (χ0) is 14.4. The van der Waals surface area contributed by atoms with Crippen molar-refractivity contribution in [2.75, 3.05) is 13.1 Å². The first-order valence-corrected chi connectivity index (χ1v) is 8.72. The third kappa shape index (κ3) is 2.64. The summed E-state index contributed by atoms with van der Waals surface area (Å²) in [6.07, 6.45) is 4.85. The van der Waals surface area contributed by atoms with Gasteiger partial charge in [0.2, 0.25) is 0 Å². The van der Waals surface area contributed by atoms with E-state index in [0.717, 1.165) is 25.6 Å². The summed E-state index contributed by atoms with van der Waals surface area (Å²) in [6, 6.07) is 0. The Labute approximate surface area is 129 Å². The fraction of sp³-hybridized carbons (Fsp3) is 0.625. The summed E-state index contributed by atoms with van der Waals surface area (Å²) in [5.41, 5.74) is 4.47. The molecule has 0 spiro atoms. The second kappa shape index (κ2) is 5.21. The quantitative estimate of drug-likeness (QED) is 0.851. The first-order chi connectivity index (χ1) is 10.2. The molecule has 0 unspecified atom stereocenters. The molecule has 0 aromatic carbocycles. The number of hydrogen-bond donors (Lipinski definition) is 0. The van der Waals surface area contributed by atoms with Crippen LogP contribution in [0.3, 0.4) is 0 Å². The van der Waals surface area contributed by atoms with E-state index in [4.69, 9.17) is 4.98 Å². The molecule has 1 saturated carbocycles. The van der Waals surface area contributed by atoms with Crippen molar-refractivity contribution in [3.05, 3.63) is 33.8 Å². The number of thiazole rings is 1. The Morgan fingerprint density at radius 2 is 2.05 bits per heavy atom. The van der Waals surface area contributed by atoms with Gasteiger partial charge in [0.05, 0.1) is 11.2 Å². The minimum atomic E-state index is 0.616. The number of aryl methyl sites for hydroxylation is 2. The van der Waals surface area contributed by atoms with Gasteiger partial charge in [-0.1, -0.05) is 0 Å². The highest BCUT2D eigenvalue weighted by atomic mass is 32.1. The van der Waals surface area contributed by atoms with E-state index in [1.165, 1.54) is 41.5 Å². The maximum atomic E-state index is 4.69. The van der Waals surface area contributed by atoms with E-state index in [-0.39, 0.29) is 0 Å². The number of likely N-dealkylation sites (tertiary alicyclic amines) is 1. The van der Waals surface area contributed by atoms with E-state index in [9.17, 15) is 0 Å². The molecule has 0 radical (unpaired) electrons. The predicted molar refractivity (Wildman–Crippen MR) is 84.6 cm³/mol.